The maximum Gasteiger partial charge on any atom is 0.227 e. The summed E-state index contributed by atoms with van der Waals surface area (Å²) in [4.78, 5) is 18.3. The highest BCUT2D eigenvalue weighted by Crippen LogP contribution is 2.19. The number of anilines is 1. The van der Waals surface area contributed by atoms with E-state index in [0.717, 1.165) is 0 Å². The van der Waals surface area contributed by atoms with E-state index in [0.29, 0.717) is 22.9 Å². The van der Waals surface area contributed by atoms with Crippen LogP contribution >= 0.6 is 0 Å². The van der Waals surface area contributed by atoms with Crippen molar-refractivity contribution in [3.63, 3.8) is 0 Å². The topological polar surface area (TPSA) is 64.0 Å². The van der Waals surface area contributed by atoms with Gasteiger partial charge in [0.2, 0.25) is 11.8 Å². The summed E-state index contributed by atoms with van der Waals surface area (Å²) in [6, 6.07) is 0. The summed E-state index contributed by atoms with van der Waals surface area (Å²) in [5, 5.41) is 0.714. The summed E-state index contributed by atoms with van der Waals surface area (Å²) < 4.78 is 5.08. The van der Waals surface area contributed by atoms with Crippen LogP contribution in [0.4, 0.5) is 5.95 Å². The molecule has 0 saturated heterocycles. The van der Waals surface area contributed by atoms with Crippen LogP contribution in [0.5, 0.6) is 5.88 Å². The highest BCUT2D eigenvalue weighted by Gasteiger charge is 2.07. The van der Waals surface area contributed by atoms with Gasteiger partial charge in [0, 0.05) is 20.3 Å². The molecule has 78 valence electrons. The van der Waals surface area contributed by atoms with Crippen molar-refractivity contribution >= 4 is 17.0 Å². The van der Waals surface area contributed by atoms with Gasteiger partial charge >= 0.3 is 0 Å². The molecule has 0 saturated carbocycles. The molecule has 0 aliphatic carbocycles. The van der Waals surface area contributed by atoms with Gasteiger partial charge in [-0.25, -0.2) is 15.0 Å². The van der Waals surface area contributed by atoms with Crippen molar-refractivity contribution < 1.29 is 4.74 Å². The van der Waals surface area contributed by atoms with E-state index in [2.05, 4.69) is 19.9 Å². The van der Waals surface area contributed by atoms with Crippen LogP contribution in [-0.2, 0) is 0 Å². The number of methoxy groups -OCH3 is 1. The first-order chi connectivity index (χ1) is 7.22. The third-order valence-corrected chi connectivity index (χ3v) is 1.93. The number of hydrogen-bond acceptors (Lipinski definition) is 6. The zero-order chi connectivity index (χ0) is 10.8. The van der Waals surface area contributed by atoms with Crippen molar-refractivity contribution in [2.45, 2.75) is 0 Å². The van der Waals surface area contributed by atoms with Crippen LogP contribution in [0.2, 0.25) is 0 Å². The Bertz CT molecular complexity index is 485. The fraction of sp³-hybridized carbons (Fsp3) is 0.333. The van der Waals surface area contributed by atoms with Gasteiger partial charge in [-0.3, -0.25) is 0 Å². The molecular formula is C9H11N5O. The van der Waals surface area contributed by atoms with Gasteiger partial charge in [-0.2, -0.15) is 4.98 Å². The molecule has 0 fully saturated rings. The number of ether oxygens (including phenoxy) is 1. The molecule has 0 aromatic carbocycles. The van der Waals surface area contributed by atoms with E-state index in [1.54, 1.807) is 13.3 Å². The van der Waals surface area contributed by atoms with Crippen LogP contribution in [0.15, 0.2) is 12.5 Å². The van der Waals surface area contributed by atoms with Crippen LogP contribution in [0.1, 0.15) is 0 Å². The maximum atomic E-state index is 5.08. The fourth-order valence-corrected chi connectivity index (χ4v) is 1.20. The quantitative estimate of drug-likeness (QED) is 0.711. The molecule has 0 atom stereocenters. The van der Waals surface area contributed by atoms with Gasteiger partial charge in [-0.15, -0.1) is 0 Å². The summed E-state index contributed by atoms with van der Waals surface area (Å²) in [5.41, 5.74) is 0.584. The summed E-state index contributed by atoms with van der Waals surface area (Å²) in [7, 11) is 5.31. The lowest BCUT2D eigenvalue weighted by molar-refractivity contribution is 0.402. The summed E-state index contributed by atoms with van der Waals surface area (Å²) in [6.07, 6.45) is 3.09. The minimum Gasteiger partial charge on any atom is -0.480 e. The van der Waals surface area contributed by atoms with Gasteiger partial charge in [0.1, 0.15) is 6.33 Å². The van der Waals surface area contributed by atoms with Crippen LogP contribution in [0, 0.1) is 0 Å². The average molecular weight is 205 g/mol. The van der Waals surface area contributed by atoms with Crippen molar-refractivity contribution in [2.75, 3.05) is 26.1 Å². The number of aromatic nitrogens is 4. The molecule has 0 amide bonds. The third-order valence-electron chi connectivity index (χ3n) is 1.93. The summed E-state index contributed by atoms with van der Waals surface area (Å²) >= 11 is 0. The lowest BCUT2D eigenvalue weighted by Crippen LogP contribution is -2.12. The molecule has 2 heterocycles. The van der Waals surface area contributed by atoms with Crippen molar-refractivity contribution in [3.8, 4) is 5.88 Å². The molecule has 0 spiro atoms. The maximum absolute atomic E-state index is 5.08. The first-order valence-electron chi connectivity index (χ1n) is 4.41. The summed E-state index contributed by atoms with van der Waals surface area (Å²) in [6.45, 7) is 0. The number of nitrogens with zero attached hydrogens (tertiary/aromatic N) is 5. The Kier molecular flexibility index (Phi) is 2.32. The average Bonchev–Trinajstić information content (AvgIpc) is 2.27. The van der Waals surface area contributed by atoms with E-state index in [-0.39, 0.29) is 0 Å². The predicted molar refractivity (Wildman–Crippen MR) is 56.0 cm³/mol. The molecule has 0 aliphatic rings. The molecule has 6 nitrogen and oxygen atoms in total. The molecule has 0 aliphatic heterocycles. The lowest BCUT2D eigenvalue weighted by Gasteiger charge is -2.10. The Hall–Kier alpha value is -1.98. The van der Waals surface area contributed by atoms with Gasteiger partial charge in [0.05, 0.1) is 12.5 Å². The molecular weight excluding hydrogens is 194 g/mol. The monoisotopic (exact) mass is 205 g/mol. The second-order valence-electron chi connectivity index (χ2n) is 3.18. The predicted octanol–water partition coefficient (Wildman–Crippen LogP) is 0.494. The van der Waals surface area contributed by atoms with Crippen molar-refractivity contribution in [2.24, 2.45) is 0 Å². The number of rotatable bonds is 2. The van der Waals surface area contributed by atoms with Gasteiger partial charge in [-0.1, -0.05) is 0 Å². The molecule has 0 radical (unpaired) electrons. The van der Waals surface area contributed by atoms with Crippen molar-refractivity contribution in [1.82, 2.24) is 19.9 Å². The van der Waals surface area contributed by atoms with E-state index in [1.807, 2.05) is 19.0 Å². The molecule has 0 unspecified atom stereocenters. The standard InChI is InChI=1S/C9H11N5O/c1-14(2)9-10-4-6-7(13-9)11-5-12-8(6)15-3/h4-5H,1-3H3. The minimum absolute atomic E-state index is 0.491. The normalized spacial score (nSPS) is 10.3. The Morgan fingerprint density at radius 1 is 1.20 bits per heavy atom. The first-order valence-corrected chi connectivity index (χ1v) is 4.41. The van der Waals surface area contributed by atoms with Crippen LogP contribution < -0.4 is 9.64 Å². The zero-order valence-electron chi connectivity index (χ0n) is 8.80. The lowest BCUT2D eigenvalue weighted by atomic mass is 10.4. The Morgan fingerprint density at radius 2 is 2.00 bits per heavy atom. The second-order valence-corrected chi connectivity index (χ2v) is 3.18. The van der Waals surface area contributed by atoms with Gasteiger partial charge in [0.15, 0.2) is 5.65 Å². The Labute approximate surface area is 87.0 Å². The highest BCUT2D eigenvalue weighted by molar-refractivity contribution is 5.79. The largest absolute Gasteiger partial charge is 0.480 e. The SMILES string of the molecule is COc1ncnc2nc(N(C)C)ncc12. The molecule has 15 heavy (non-hydrogen) atoms. The van der Waals surface area contributed by atoms with Crippen LogP contribution in [0.3, 0.4) is 0 Å². The highest BCUT2D eigenvalue weighted by atomic mass is 16.5. The fourth-order valence-electron chi connectivity index (χ4n) is 1.20. The molecule has 2 aromatic heterocycles. The van der Waals surface area contributed by atoms with E-state index in [1.165, 1.54) is 6.33 Å². The Morgan fingerprint density at radius 3 is 2.67 bits per heavy atom. The minimum atomic E-state index is 0.491. The van der Waals surface area contributed by atoms with E-state index < -0.39 is 0 Å². The van der Waals surface area contributed by atoms with Crippen molar-refractivity contribution in [1.29, 1.82) is 0 Å². The Balaban J connectivity index is 2.63. The van der Waals surface area contributed by atoms with E-state index >= 15 is 0 Å². The number of hydrogen-bond donors (Lipinski definition) is 0. The summed E-state index contributed by atoms with van der Waals surface area (Å²) in [5.74, 6) is 1.11. The van der Waals surface area contributed by atoms with E-state index in [4.69, 9.17) is 4.74 Å². The van der Waals surface area contributed by atoms with Crippen molar-refractivity contribution in [3.05, 3.63) is 12.5 Å². The smallest absolute Gasteiger partial charge is 0.227 e. The van der Waals surface area contributed by atoms with E-state index in [9.17, 15) is 0 Å². The molecule has 2 aromatic rings. The molecule has 2 rings (SSSR count). The third kappa shape index (κ3) is 1.65. The molecule has 0 bridgehead atoms. The number of fused-ring (bicyclic) bond motifs is 1. The van der Waals surface area contributed by atoms with Gasteiger partial charge < -0.3 is 9.64 Å². The van der Waals surface area contributed by atoms with Gasteiger partial charge in [0.25, 0.3) is 0 Å². The van der Waals surface area contributed by atoms with Gasteiger partial charge in [-0.05, 0) is 0 Å². The second kappa shape index (κ2) is 3.64. The van der Waals surface area contributed by atoms with Crippen LogP contribution in [-0.4, -0.2) is 41.1 Å². The zero-order valence-corrected chi connectivity index (χ0v) is 8.80. The van der Waals surface area contributed by atoms with Crippen LogP contribution in [0.25, 0.3) is 11.0 Å². The first kappa shape index (κ1) is 9.57. The molecule has 0 N–H and O–H groups in total. The molecule has 6 heteroatoms.